The molecule has 1 aromatic heterocycles. The largest absolute Gasteiger partial charge is 0.395 e. The van der Waals surface area contributed by atoms with Crippen molar-refractivity contribution in [3.63, 3.8) is 0 Å². The lowest BCUT2D eigenvalue weighted by Gasteiger charge is -2.18. The van der Waals surface area contributed by atoms with Gasteiger partial charge in [0.25, 0.3) is 11.8 Å². The zero-order valence-electron chi connectivity index (χ0n) is 14.2. The molecule has 0 unspecified atom stereocenters. The molecule has 0 bridgehead atoms. The summed E-state index contributed by atoms with van der Waals surface area (Å²) in [5, 5.41) is 15.2. The minimum absolute atomic E-state index is 0.110. The lowest BCUT2D eigenvalue weighted by molar-refractivity contribution is 0.0944. The van der Waals surface area contributed by atoms with E-state index in [0.717, 1.165) is 24.8 Å². The Bertz CT molecular complexity index is 770. The molecule has 1 aromatic carbocycles. The SMILES string of the molecule is C[C@H]1CCc2c(sc(NC(=O)c3ccccc3)c2C(=O)NCCO)C1. The number of carbonyl (C=O) groups excluding carboxylic acids is 2. The van der Waals surface area contributed by atoms with Gasteiger partial charge in [0, 0.05) is 17.0 Å². The van der Waals surface area contributed by atoms with Crippen LogP contribution in [0.5, 0.6) is 0 Å². The van der Waals surface area contributed by atoms with E-state index in [1.54, 1.807) is 12.1 Å². The molecular weight excluding hydrogens is 336 g/mol. The summed E-state index contributed by atoms with van der Waals surface area (Å²) in [5.74, 6) is 0.130. The number of benzene rings is 1. The first-order valence-corrected chi connectivity index (χ1v) is 9.31. The maximum atomic E-state index is 12.6. The molecule has 1 heterocycles. The molecule has 132 valence electrons. The molecule has 0 fully saturated rings. The predicted octanol–water partition coefficient (Wildman–Crippen LogP) is 2.85. The zero-order valence-corrected chi connectivity index (χ0v) is 15.0. The van der Waals surface area contributed by atoms with Gasteiger partial charge in [-0.15, -0.1) is 11.3 Å². The number of thiophene rings is 1. The van der Waals surface area contributed by atoms with Crippen molar-refractivity contribution in [2.24, 2.45) is 5.92 Å². The summed E-state index contributed by atoms with van der Waals surface area (Å²) in [6, 6.07) is 8.97. The third kappa shape index (κ3) is 3.91. The molecule has 2 aromatic rings. The van der Waals surface area contributed by atoms with Crippen LogP contribution in [0.2, 0.25) is 0 Å². The first-order valence-electron chi connectivity index (χ1n) is 8.50. The average Bonchev–Trinajstić information content (AvgIpc) is 2.97. The molecule has 0 saturated carbocycles. The van der Waals surface area contributed by atoms with E-state index in [0.29, 0.717) is 22.0 Å². The molecule has 3 N–H and O–H groups in total. The van der Waals surface area contributed by atoms with Crippen molar-refractivity contribution >= 4 is 28.2 Å². The van der Waals surface area contributed by atoms with Crippen LogP contribution in [0.25, 0.3) is 0 Å². The fourth-order valence-corrected chi connectivity index (χ4v) is 4.50. The van der Waals surface area contributed by atoms with Gasteiger partial charge in [-0.05, 0) is 42.9 Å². The van der Waals surface area contributed by atoms with Crippen LogP contribution in [0.4, 0.5) is 5.00 Å². The number of hydrogen-bond acceptors (Lipinski definition) is 4. The minimum atomic E-state index is -0.232. The van der Waals surface area contributed by atoms with Gasteiger partial charge in [0.2, 0.25) is 0 Å². The Morgan fingerprint density at radius 3 is 2.72 bits per heavy atom. The zero-order chi connectivity index (χ0) is 17.8. The molecule has 1 atom stereocenters. The van der Waals surface area contributed by atoms with Gasteiger partial charge in [-0.1, -0.05) is 25.1 Å². The number of aliphatic hydroxyl groups is 1. The van der Waals surface area contributed by atoms with Crippen molar-refractivity contribution in [3.8, 4) is 0 Å². The van der Waals surface area contributed by atoms with Crippen molar-refractivity contribution < 1.29 is 14.7 Å². The van der Waals surface area contributed by atoms with Gasteiger partial charge in [0.05, 0.1) is 12.2 Å². The lowest BCUT2D eigenvalue weighted by Crippen LogP contribution is -2.28. The summed E-state index contributed by atoms with van der Waals surface area (Å²) in [5.41, 5.74) is 2.16. The normalized spacial score (nSPS) is 16.2. The van der Waals surface area contributed by atoms with E-state index >= 15 is 0 Å². The fraction of sp³-hybridized carbons (Fsp3) is 0.368. The van der Waals surface area contributed by atoms with Gasteiger partial charge in [0.15, 0.2) is 0 Å². The molecule has 5 nitrogen and oxygen atoms in total. The number of anilines is 1. The van der Waals surface area contributed by atoms with E-state index in [4.69, 9.17) is 5.11 Å². The van der Waals surface area contributed by atoms with Crippen LogP contribution < -0.4 is 10.6 Å². The summed E-state index contributed by atoms with van der Waals surface area (Å²) < 4.78 is 0. The maximum absolute atomic E-state index is 12.6. The molecule has 1 aliphatic rings. The van der Waals surface area contributed by atoms with Crippen LogP contribution in [0.15, 0.2) is 30.3 Å². The highest BCUT2D eigenvalue weighted by Crippen LogP contribution is 2.39. The number of rotatable bonds is 5. The molecule has 1 aliphatic carbocycles. The van der Waals surface area contributed by atoms with E-state index in [1.165, 1.54) is 16.2 Å². The van der Waals surface area contributed by atoms with E-state index in [1.807, 2.05) is 18.2 Å². The van der Waals surface area contributed by atoms with Gasteiger partial charge in [-0.3, -0.25) is 9.59 Å². The summed E-state index contributed by atoms with van der Waals surface area (Å²) in [6.45, 7) is 2.29. The Balaban J connectivity index is 1.92. The third-order valence-electron chi connectivity index (χ3n) is 4.40. The fourth-order valence-electron chi connectivity index (χ4n) is 3.10. The van der Waals surface area contributed by atoms with Crippen molar-refractivity contribution in [1.29, 1.82) is 0 Å². The standard InChI is InChI=1S/C19H22N2O3S/c1-12-7-8-14-15(11-12)25-19(16(14)18(24)20-9-10-22)21-17(23)13-5-3-2-4-6-13/h2-6,12,22H,7-11H2,1H3,(H,20,24)(H,21,23)/t12-/m0/s1. The second-order valence-corrected chi connectivity index (χ2v) is 7.46. The van der Waals surface area contributed by atoms with E-state index in [9.17, 15) is 9.59 Å². The Labute approximate surface area is 151 Å². The van der Waals surface area contributed by atoms with Crippen LogP contribution in [0.1, 0.15) is 44.5 Å². The molecule has 0 radical (unpaired) electrons. The Kier molecular flexibility index (Phi) is 5.50. The Hall–Kier alpha value is -2.18. The second-order valence-electron chi connectivity index (χ2n) is 6.36. The van der Waals surface area contributed by atoms with Crippen molar-refractivity contribution in [1.82, 2.24) is 5.32 Å². The molecule has 3 rings (SSSR count). The minimum Gasteiger partial charge on any atom is -0.395 e. The van der Waals surface area contributed by atoms with Gasteiger partial charge in [0.1, 0.15) is 5.00 Å². The molecule has 0 saturated heterocycles. The Morgan fingerprint density at radius 1 is 1.24 bits per heavy atom. The van der Waals surface area contributed by atoms with Crippen LogP contribution in [0, 0.1) is 5.92 Å². The van der Waals surface area contributed by atoms with Crippen molar-refractivity contribution in [2.45, 2.75) is 26.2 Å². The molecular formula is C19H22N2O3S. The van der Waals surface area contributed by atoms with Gasteiger partial charge in [-0.25, -0.2) is 0 Å². The highest BCUT2D eigenvalue weighted by atomic mass is 32.1. The molecule has 0 spiro atoms. The summed E-state index contributed by atoms with van der Waals surface area (Å²) >= 11 is 1.50. The number of carbonyl (C=O) groups is 2. The number of aliphatic hydroxyl groups excluding tert-OH is 1. The van der Waals surface area contributed by atoms with Gasteiger partial charge in [-0.2, -0.15) is 0 Å². The highest BCUT2D eigenvalue weighted by Gasteiger charge is 2.28. The maximum Gasteiger partial charge on any atom is 0.256 e. The quantitative estimate of drug-likeness (QED) is 0.769. The Morgan fingerprint density at radius 2 is 2.00 bits per heavy atom. The van der Waals surface area contributed by atoms with Crippen molar-refractivity contribution in [2.75, 3.05) is 18.5 Å². The molecule has 6 heteroatoms. The summed E-state index contributed by atoms with van der Waals surface area (Å²) in [6.07, 6.45) is 2.81. The number of nitrogens with one attached hydrogen (secondary N) is 2. The first kappa shape index (κ1) is 17.6. The van der Waals surface area contributed by atoms with E-state index in [2.05, 4.69) is 17.6 Å². The first-order chi connectivity index (χ1) is 12.1. The number of hydrogen-bond donors (Lipinski definition) is 3. The smallest absolute Gasteiger partial charge is 0.256 e. The van der Waals surface area contributed by atoms with Gasteiger partial charge < -0.3 is 15.7 Å². The predicted molar refractivity (Wildman–Crippen MR) is 99.3 cm³/mol. The van der Waals surface area contributed by atoms with E-state index in [-0.39, 0.29) is 25.0 Å². The van der Waals surface area contributed by atoms with Crippen LogP contribution >= 0.6 is 11.3 Å². The third-order valence-corrected chi connectivity index (χ3v) is 5.57. The highest BCUT2D eigenvalue weighted by molar-refractivity contribution is 7.17. The monoisotopic (exact) mass is 358 g/mol. The number of fused-ring (bicyclic) bond motifs is 1. The van der Waals surface area contributed by atoms with Crippen LogP contribution in [0.3, 0.4) is 0 Å². The lowest BCUT2D eigenvalue weighted by atomic mass is 9.88. The summed E-state index contributed by atoms with van der Waals surface area (Å²) in [7, 11) is 0. The summed E-state index contributed by atoms with van der Waals surface area (Å²) in [4.78, 5) is 26.3. The van der Waals surface area contributed by atoms with Gasteiger partial charge >= 0.3 is 0 Å². The molecule has 0 aliphatic heterocycles. The topological polar surface area (TPSA) is 78.4 Å². The average molecular weight is 358 g/mol. The number of amides is 2. The van der Waals surface area contributed by atoms with Crippen LogP contribution in [-0.2, 0) is 12.8 Å². The van der Waals surface area contributed by atoms with Crippen molar-refractivity contribution in [3.05, 3.63) is 51.9 Å². The molecule has 2 amide bonds. The second kappa shape index (κ2) is 7.80. The molecule has 25 heavy (non-hydrogen) atoms. The van der Waals surface area contributed by atoms with Crippen LogP contribution in [-0.4, -0.2) is 30.1 Å². The van der Waals surface area contributed by atoms with E-state index < -0.39 is 0 Å².